The normalized spacial score (nSPS) is 10.5. The molecule has 1 heterocycles. The van der Waals surface area contributed by atoms with Crippen molar-refractivity contribution in [1.82, 2.24) is 4.98 Å². The lowest BCUT2D eigenvalue weighted by atomic mass is 9.99. The quantitative estimate of drug-likeness (QED) is 0.756. The van der Waals surface area contributed by atoms with Gasteiger partial charge < -0.3 is 10.3 Å². The van der Waals surface area contributed by atoms with Crippen LogP contribution >= 0.6 is 0 Å². The number of hydrogen-bond acceptors (Lipinski definition) is 2. The number of anilines is 1. The first kappa shape index (κ1) is 13.1. The Hall–Kier alpha value is -2.88. The Balaban J connectivity index is 2.10. The molecule has 0 unspecified atom stereocenters. The summed E-state index contributed by atoms with van der Waals surface area (Å²) in [5.74, 6) is -0.0977. The van der Waals surface area contributed by atoms with Gasteiger partial charge in [-0.1, -0.05) is 24.3 Å². The van der Waals surface area contributed by atoms with Gasteiger partial charge in [0, 0.05) is 24.2 Å². The van der Waals surface area contributed by atoms with Crippen molar-refractivity contribution in [3.63, 3.8) is 0 Å². The number of aromatic amines is 1. The maximum absolute atomic E-state index is 11.8. The molecule has 2 aromatic carbocycles. The van der Waals surface area contributed by atoms with E-state index in [0.717, 1.165) is 22.2 Å². The molecule has 0 atom stereocenters. The summed E-state index contributed by atoms with van der Waals surface area (Å²) in [6, 6.07) is 15.1. The van der Waals surface area contributed by atoms with E-state index in [-0.39, 0.29) is 11.5 Å². The van der Waals surface area contributed by atoms with E-state index in [0.29, 0.717) is 5.39 Å². The highest BCUT2D eigenvalue weighted by Crippen LogP contribution is 2.27. The monoisotopic (exact) mass is 278 g/mol. The fourth-order valence-electron chi connectivity index (χ4n) is 2.41. The van der Waals surface area contributed by atoms with Crippen LogP contribution in [0.5, 0.6) is 0 Å². The van der Waals surface area contributed by atoms with Crippen LogP contribution in [0.3, 0.4) is 0 Å². The largest absolute Gasteiger partial charge is 0.329 e. The number of nitrogens with one attached hydrogen (secondary N) is 2. The van der Waals surface area contributed by atoms with E-state index in [9.17, 15) is 9.59 Å². The Bertz CT molecular complexity index is 864. The van der Waals surface area contributed by atoms with Crippen LogP contribution in [-0.2, 0) is 4.79 Å². The van der Waals surface area contributed by atoms with Gasteiger partial charge in [-0.2, -0.15) is 0 Å². The average Bonchev–Trinajstić information content (AvgIpc) is 2.48. The number of H-pyrrole nitrogens is 1. The van der Waals surface area contributed by atoms with Gasteiger partial charge in [0.15, 0.2) is 0 Å². The third kappa shape index (κ3) is 2.56. The summed E-state index contributed by atoms with van der Waals surface area (Å²) >= 11 is 0. The van der Waals surface area contributed by atoms with E-state index in [2.05, 4.69) is 10.3 Å². The molecule has 0 spiro atoms. The number of rotatable bonds is 2. The van der Waals surface area contributed by atoms with Gasteiger partial charge in [-0.15, -0.1) is 0 Å². The molecule has 4 heteroatoms. The minimum absolute atomic E-state index is 0.0933. The highest BCUT2D eigenvalue weighted by molar-refractivity contribution is 5.96. The average molecular weight is 278 g/mol. The second kappa shape index (κ2) is 5.25. The summed E-state index contributed by atoms with van der Waals surface area (Å²) in [5, 5.41) is 4.31. The van der Waals surface area contributed by atoms with Crippen molar-refractivity contribution < 1.29 is 4.79 Å². The smallest absolute Gasteiger partial charge is 0.255 e. The van der Waals surface area contributed by atoms with Gasteiger partial charge >= 0.3 is 0 Å². The molecule has 0 saturated carbocycles. The molecule has 21 heavy (non-hydrogen) atoms. The molecule has 0 radical (unpaired) electrons. The molecule has 104 valence electrons. The van der Waals surface area contributed by atoms with Crippen LogP contribution in [-0.4, -0.2) is 10.9 Å². The first-order chi connectivity index (χ1) is 10.1. The van der Waals surface area contributed by atoms with Crippen molar-refractivity contribution >= 4 is 22.4 Å². The lowest BCUT2D eigenvalue weighted by Crippen LogP contribution is -2.05. The maximum atomic E-state index is 11.8. The van der Waals surface area contributed by atoms with Crippen molar-refractivity contribution in [2.24, 2.45) is 0 Å². The number of carbonyl (C=O) groups excluding carboxylic acids is 1. The van der Waals surface area contributed by atoms with Crippen LogP contribution in [0, 0.1) is 0 Å². The molecule has 2 N–H and O–H groups in total. The molecular weight excluding hydrogens is 264 g/mol. The summed E-state index contributed by atoms with van der Waals surface area (Å²) in [4.78, 5) is 25.5. The zero-order chi connectivity index (χ0) is 14.8. The fraction of sp³-hybridized carbons (Fsp3) is 0.0588. The van der Waals surface area contributed by atoms with Gasteiger partial charge in [-0.05, 0) is 40.8 Å². The molecular formula is C17H14N2O2. The first-order valence-electron chi connectivity index (χ1n) is 6.63. The van der Waals surface area contributed by atoms with Crippen LogP contribution < -0.4 is 10.9 Å². The number of aromatic nitrogens is 1. The zero-order valence-corrected chi connectivity index (χ0v) is 11.5. The molecule has 3 rings (SSSR count). The number of benzene rings is 2. The van der Waals surface area contributed by atoms with Gasteiger partial charge in [0.25, 0.3) is 5.56 Å². The predicted octanol–water partition coefficient (Wildman–Crippen LogP) is 3.15. The van der Waals surface area contributed by atoms with Gasteiger partial charge in [0.1, 0.15) is 0 Å². The molecule has 0 aliphatic rings. The molecule has 0 fully saturated rings. The summed E-state index contributed by atoms with van der Waals surface area (Å²) < 4.78 is 0. The Kier molecular flexibility index (Phi) is 3.28. The molecule has 4 nitrogen and oxygen atoms in total. The van der Waals surface area contributed by atoms with E-state index < -0.39 is 0 Å². The SMILES string of the molecule is CC(=O)Nc1ccc(-c2cccc3c(=O)[nH]ccc23)cc1. The molecule has 0 saturated heterocycles. The number of fused-ring (bicyclic) bond motifs is 1. The first-order valence-corrected chi connectivity index (χ1v) is 6.63. The van der Waals surface area contributed by atoms with E-state index in [1.54, 1.807) is 6.20 Å². The van der Waals surface area contributed by atoms with E-state index in [4.69, 9.17) is 0 Å². The van der Waals surface area contributed by atoms with Gasteiger partial charge in [0.05, 0.1) is 0 Å². The standard InChI is InChI=1S/C17H14N2O2/c1-11(20)19-13-7-5-12(6-8-13)14-3-2-4-16-15(14)9-10-18-17(16)21/h2-10H,1H3,(H,18,21)(H,19,20). The molecule has 3 aromatic rings. The summed E-state index contributed by atoms with van der Waals surface area (Å²) in [6.07, 6.45) is 1.65. The van der Waals surface area contributed by atoms with Gasteiger partial charge in [-0.3, -0.25) is 9.59 Å². The molecule has 0 bridgehead atoms. The van der Waals surface area contributed by atoms with Crippen molar-refractivity contribution in [3.8, 4) is 11.1 Å². The van der Waals surface area contributed by atoms with Crippen LogP contribution in [0.2, 0.25) is 0 Å². The van der Waals surface area contributed by atoms with Gasteiger partial charge in [-0.25, -0.2) is 0 Å². The highest BCUT2D eigenvalue weighted by Gasteiger charge is 2.06. The van der Waals surface area contributed by atoms with E-state index >= 15 is 0 Å². The van der Waals surface area contributed by atoms with Crippen molar-refractivity contribution in [1.29, 1.82) is 0 Å². The second-order valence-corrected chi connectivity index (χ2v) is 4.83. The van der Waals surface area contributed by atoms with Crippen LogP contribution in [0.1, 0.15) is 6.92 Å². The minimum atomic E-state index is -0.0977. The van der Waals surface area contributed by atoms with Crippen LogP contribution in [0.25, 0.3) is 21.9 Å². The van der Waals surface area contributed by atoms with Crippen molar-refractivity contribution in [2.45, 2.75) is 6.92 Å². The van der Waals surface area contributed by atoms with Gasteiger partial charge in [0.2, 0.25) is 5.91 Å². The molecule has 1 amide bonds. The summed E-state index contributed by atoms with van der Waals surface area (Å²) in [5.41, 5.74) is 2.65. The van der Waals surface area contributed by atoms with E-state index in [1.165, 1.54) is 6.92 Å². The summed E-state index contributed by atoms with van der Waals surface area (Å²) in [6.45, 7) is 1.48. The van der Waals surface area contributed by atoms with Crippen molar-refractivity contribution in [2.75, 3.05) is 5.32 Å². The lowest BCUT2D eigenvalue weighted by molar-refractivity contribution is -0.114. The highest BCUT2D eigenvalue weighted by atomic mass is 16.1. The lowest BCUT2D eigenvalue weighted by Gasteiger charge is -2.08. The molecule has 0 aliphatic carbocycles. The summed E-state index contributed by atoms with van der Waals surface area (Å²) in [7, 11) is 0. The zero-order valence-electron chi connectivity index (χ0n) is 11.5. The third-order valence-corrected chi connectivity index (χ3v) is 3.33. The van der Waals surface area contributed by atoms with E-state index in [1.807, 2.05) is 48.5 Å². The maximum Gasteiger partial charge on any atom is 0.255 e. The minimum Gasteiger partial charge on any atom is -0.329 e. The number of carbonyl (C=O) groups is 1. The number of hydrogen-bond donors (Lipinski definition) is 2. The second-order valence-electron chi connectivity index (χ2n) is 4.83. The third-order valence-electron chi connectivity index (χ3n) is 3.33. The van der Waals surface area contributed by atoms with Crippen LogP contribution in [0.4, 0.5) is 5.69 Å². The predicted molar refractivity (Wildman–Crippen MR) is 84.3 cm³/mol. The Morgan fingerprint density at radius 2 is 1.76 bits per heavy atom. The van der Waals surface area contributed by atoms with Crippen LogP contribution in [0.15, 0.2) is 59.5 Å². The fourth-order valence-corrected chi connectivity index (χ4v) is 2.41. The topological polar surface area (TPSA) is 62.0 Å². The number of amides is 1. The van der Waals surface area contributed by atoms with Crippen molar-refractivity contribution in [3.05, 3.63) is 65.1 Å². The Labute approximate surface area is 121 Å². The molecule has 1 aromatic heterocycles. The number of pyridine rings is 1. The molecule has 0 aliphatic heterocycles. The Morgan fingerprint density at radius 1 is 1.00 bits per heavy atom. The Morgan fingerprint density at radius 3 is 2.48 bits per heavy atom.